The Balaban J connectivity index is 1.61. The Labute approximate surface area is 184 Å². The molecule has 1 amide bonds. The Kier molecular flexibility index (Phi) is 6.13. The van der Waals surface area contributed by atoms with Gasteiger partial charge in [0, 0.05) is 23.0 Å². The molecule has 0 atom stereocenters. The molecule has 0 spiro atoms. The van der Waals surface area contributed by atoms with Crippen molar-refractivity contribution in [3.05, 3.63) is 65.9 Å². The number of carbonyl (C=O) groups is 1. The lowest BCUT2D eigenvalue weighted by atomic mass is 10.1. The van der Waals surface area contributed by atoms with Crippen molar-refractivity contribution >= 4 is 33.3 Å². The van der Waals surface area contributed by atoms with E-state index in [0.717, 1.165) is 32.2 Å². The summed E-state index contributed by atoms with van der Waals surface area (Å²) < 4.78 is 11.2. The molecular weight excluding hydrogens is 410 g/mol. The molecular formula is C24H23N3O3S. The highest BCUT2D eigenvalue weighted by Crippen LogP contribution is 2.32. The van der Waals surface area contributed by atoms with Crippen LogP contribution in [0.15, 0.2) is 54.7 Å². The molecule has 7 heteroatoms. The van der Waals surface area contributed by atoms with Gasteiger partial charge >= 0.3 is 0 Å². The van der Waals surface area contributed by atoms with Crippen molar-refractivity contribution in [2.24, 2.45) is 0 Å². The van der Waals surface area contributed by atoms with E-state index in [4.69, 9.17) is 9.47 Å². The van der Waals surface area contributed by atoms with Gasteiger partial charge in [-0.05, 0) is 62.7 Å². The average Bonchev–Trinajstić information content (AvgIpc) is 3.21. The first-order valence-corrected chi connectivity index (χ1v) is 10.9. The Morgan fingerprint density at radius 3 is 2.61 bits per heavy atom. The lowest BCUT2D eigenvalue weighted by Crippen LogP contribution is -2.13. The van der Waals surface area contributed by atoms with Crippen LogP contribution < -0.4 is 14.8 Å². The minimum atomic E-state index is -0.213. The smallest absolute Gasteiger partial charge is 0.255 e. The van der Waals surface area contributed by atoms with Crippen molar-refractivity contribution in [2.75, 3.05) is 18.5 Å². The number of nitrogens with zero attached hydrogens (tertiary/aromatic N) is 2. The molecule has 4 rings (SSSR count). The molecule has 0 aliphatic rings. The van der Waals surface area contributed by atoms with E-state index in [-0.39, 0.29) is 5.91 Å². The summed E-state index contributed by atoms with van der Waals surface area (Å²) in [6, 6.07) is 15.0. The van der Waals surface area contributed by atoms with Gasteiger partial charge in [-0.2, -0.15) is 0 Å². The number of hydrogen-bond acceptors (Lipinski definition) is 6. The van der Waals surface area contributed by atoms with E-state index in [1.165, 1.54) is 11.3 Å². The van der Waals surface area contributed by atoms with Crippen LogP contribution in [0.5, 0.6) is 11.5 Å². The number of fused-ring (bicyclic) bond motifs is 1. The minimum absolute atomic E-state index is 0.213. The molecule has 1 N–H and O–H groups in total. The number of benzene rings is 2. The molecule has 6 nitrogen and oxygen atoms in total. The Hall–Kier alpha value is -3.45. The monoisotopic (exact) mass is 433 g/mol. The van der Waals surface area contributed by atoms with Crippen LogP contribution in [0.2, 0.25) is 0 Å². The molecule has 158 valence electrons. The molecule has 0 fully saturated rings. The van der Waals surface area contributed by atoms with Crippen LogP contribution in [0.4, 0.5) is 5.69 Å². The number of aromatic nitrogens is 2. The number of pyridine rings is 1. The molecule has 0 saturated carbocycles. The van der Waals surface area contributed by atoms with Crippen molar-refractivity contribution in [3.63, 3.8) is 0 Å². The van der Waals surface area contributed by atoms with Crippen molar-refractivity contribution < 1.29 is 14.3 Å². The first-order valence-electron chi connectivity index (χ1n) is 10.1. The summed E-state index contributed by atoms with van der Waals surface area (Å²) in [4.78, 5) is 22.9. The van der Waals surface area contributed by atoms with E-state index < -0.39 is 0 Å². The van der Waals surface area contributed by atoms with Gasteiger partial charge in [-0.15, -0.1) is 0 Å². The van der Waals surface area contributed by atoms with Gasteiger partial charge in [-0.25, -0.2) is 9.97 Å². The third-order valence-corrected chi connectivity index (χ3v) is 5.73. The number of carbonyl (C=O) groups excluding carboxylic acids is 1. The largest absolute Gasteiger partial charge is 0.490 e. The molecule has 0 aliphatic heterocycles. The fourth-order valence-corrected chi connectivity index (χ4v) is 4.07. The number of thiazole rings is 1. The van der Waals surface area contributed by atoms with E-state index >= 15 is 0 Å². The second-order valence-corrected chi connectivity index (χ2v) is 7.84. The predicted octanol–water partition coefficient (Wildman–Crippen LogP) is 5.72. The van der Waals surface area contributed by atoms with E-state index in [1.54, 1.807) is 24.4 Å². The molecule has 2 heterocycles. The van der Waals surface area contributed by atoms with Gasteiger partial charge in [0.2, 0.25) is 0 Å². The zero-order valence-electron chi connectivity index (χ0n) is 17.6. The van der Waals surface area contributed by atoms with Crippen LogP contribution in [0.1, 0.15) is 29.8 Å². The van der Waals surface area contributed by atoms with E-state index in [0.29, 0.717) is 30.3 Å². The van der Waals surface area contributed by atoms with Crippen LogP contribution in [0.3, 0.4) is 0 Å². The predicted molar refractivity (Wildman–Crippen MR) is 124 cm³/mol. The average molecular weight is 434 g/mol. The van der Waals surface area contributed by atoms with Crippen LogP contribution in [0, 0.1) is 6.92 Å². The summed E-state index contributed by atoms with van der Waals surface area (Å²) >= 11 is 1.53. The van der Waals surface area contributed by atoms with Crippen LogP contribution in [0.25, 0.3) is 20.9 Å². The van der Waals surface area contributed by atoms with Crippen molar-refractivity contribution in [2.45, 2.75) is 20.8 Å². The van der Waals surface area contributed by atoms with E-state index in [1.807, 2.05) is 51.1 Å². The van der Waals surface area contributed by atoms with Gasteiger partial charge in [0.1, 0.15) is 15.4 Å². The van der Waals surface area contributed by atoms with Crippen molar-refractivity contribution in [1.29, 1.82) is 0 Å². The van der Waals surface area contributed by atoms with Gasteiger partial charge in [-0.1, -0.05) is 23.5 Å². The minimum Gasteiger partial charge on any atom is -0.490 e. The molecule has 0 bridgehead atoms. The fourth-order valence-electron chi connectivity index (χ4n) is 3.17. The first-order chi connectivity index (χ1) is 15.1. The van der Waals surface area contributed by atoms with Crippen molar-refractivity contribution in [3.8, 4) is 22.1 Å². The molecule has 0 saturated heterocycles. The van der Waals surface area contributed by atoms with E-state index in [2.05, 4.69) is 15.3 Å². The SMILES string of the molecule is CCOc1ccc(C(=O)Nc2cc(-c3nc4cccnc4s3)ccc2C)cc1OCC. The van der Waals surface area contributed by atoms with Crippen LogP contribution in [-0.4, -0.2) is 29.1 Å². The van der Waals surface area contributed by atoms with Gasteiger partial charge < -0.3 is 14.8 Å². The molecule has 0 aliphatic carbocycles. The molecule has 0 radical (unpaired) electrons. The molecule has 2 aromatic carbocycles. The Morgan fingerprint density at radius 2 is 1.84 bits per heavy atom. The quantitative estimate of drug-likeness (QED) is 0.404. The van der Waals surface area contributed by atoms with Crippen LogP contribution >= 0.6 is 11.3 Å². The third-order valence-electron chi connectivity index (χ3n) is 4.70. The summed E-state index contributed by atoms with van der Waals surface area (Å²) in [7, 11) is 0. The third kappa shape index (κ3) is 4.51. The normalized spacial score (nSPS) is 10.8. The summed E-state index contributed by atoms with van der Waals surface area (Å²) in [6.07, 6.45) is 1.76. The van der Waals surface area contributed by atoms with Crippen LogP contribution in [-0.2, 0) is 0 Å². The number of aryl methyl sites for hydroxylation is 1. The molecule has 0 unspecified atom stereocenters. The highest BCUT2D eigenvalue weighted by Gasteiger charge is 2.14. The lowest BCUT2D eigenvalue weighted by Gasteiger charge is -2.13. The zero-order chi connectivity index (χ0) is 21.8. The standard InChI is InChI=1S/C24H23N3O3S/c1-4-29-20-11-10-16(14-21(20)30-5-2)22(28)26-19-13-17(9-8-15(19)3)23-27-18-7-6-12-25-24(18)31-23/h6-14H,4-5H2,1-3H3,(H,26,28). The highest BCUT2D eigenvalue weighted by molar-refractivity contribution is 7.21. The summed E-state index contributed by atoms with van der Waals surface area (Å²) in [5.74, 6) is 0.975. The van der Waals surface area contributed by atoms with Crippen molar-refractivity contribution in [1.82, 2.24) is 9.97 Å². The maximum Gasteiger partial charge on any atom is 0.255 e. The number of anilines is 1. The number of amides is 1. The summed E-state index contributed by atoms with van der Waals surface area (Å²) in [5, 5.41) is 3.88. The zero-order valence-corrected chi connectivity index (χ0v) is 18.5. The molecule has 4 aromatic rings. The maximum atomic E-state index is 13.0. The number of rotatable bonds is 7. The second kappa shape index (κ2) is 9.14. The molecule has 31 heavy (non-hydrogen) atoms. The number of hydrogen-bond donors (Lipinski definition) is 1. The second-order valence-electron chi connectivity index (χ2n) is 6.86. The van der Waals surface area contributed by atoms with Gasteiger partial charge in [0.05, 0.1) is 13.2 Å². The Bertz CT molecular complexity index is 1200. The number of nitrogens with one attached hydrogen (secondary N) is 1. The Morgan fingerprint density at radius 1 is 1.03 bits per heavy atom. The lowest BCUT2D eigenvalue weighted by molar-refractivity contribution is 0.102. The summed E-state index contributed by atoms with van der Waals surface area (Å²) in [6.45, 7) is 6.79. The van der Waals surface area contributed by atoms with Gasteiger partial charge in [0.15, 0.2) is 11.5 Å². The maximum absolute atomic E-state index is 13.0. The first kappa shape index (κ1) is 20.8. The van der Waals surface area contributed by atoms with Gasteiger partial charge in [0.25, 0.3) is 5.91 Å². The highest BCUT2D eigenvalue weighted by atomic mass is 32.1. The summed E-state index contributed by atoms with van der Waals surface area (Å²) in [5.41, 5.74) is 4.01. The van der Waals surface area contributed by atoms with Gasteiger partial charge in [-0.3, -0.25) is 4.79 Å². The van der Waals surface area contributed by atoms with E-state index in [9.17, 15) is 4.79 Å². The number of ether oxygens (including phenoxy) is 2. The fraction of sp³-hybridized carbons (Fsp3) is 0.208. The topological polar surface area (TPSA) is 73.3 Å². The molecule has 2 aromatic heterocycles.